The molecule has 0 aromatic heterocycles. The number of nitrogens with one attached hydrogen (secondary N) is 2. The summed E-state index contributed by atoms with van der Waals surface area (Å²) in [7, 11) is 0. The van der Waals surface area contributed by atoms with Gasteiger partial charge in [0, 0.05) is 12.1 Å². The third kappa shape index (κ3) is 6.84. The fraction of sp³-hybridized carbons (Fsp3) is 0.933. The smallest absolute Gasteiger partial charge is 0.407 e. The molecule has 1 amide bonds. The van der Waals surface area contributed by atoms with E-state index in [1.165, 1.54) is 18.6 Å². The van der Waals surface area contributed by atoms with Gasteiger partial charge in [0.25, 0.3) is 0 Å². The highest BCUT2D eigenvalue weighted by Crippen LogP contribution is 2.39. The van der Waals surface area contributed by atoms with Crippen LogP contribution in [0.3, 0.4) is 0 Å². The minimum Gasteiger partial charge on any atom is -0.444 e. The molecular weight excluding hydrogens is 272 g/mol. The topological polar surface area (TPSA) is 50.4 Å². The van der Waals surface area contributed by atoms with Gasteiger partial charge in [0.15, 0.2) is 0 Å². The molecule has 0 radical (unpaired) electrons. The molecule has 2 N–H and O–H groups in total. The Kier molecular flexibility index (Phi) is 6.65. The molecule has 1 aliphatic rings. The molecule has 118 valence electrons. The maximum atomic E-state index is 11.8. The van der Waals surface area contributed by atoms with E-state index < -0.39 is 5.60 Å². The third-order valence-corrected chi connectivity index (χ3v) is 4.23. The van der Waals surface area contributed by atoms with Crippen molar-refractivity contribution < 1.29 is 9.53 Å². The first-order valence-corrected chi connectivity index (χ1v) is 8.87. The highest BCUT2D eigenvalue weighted by molar-refractivity contribution is 7.98. The monoisotopic (exact) mass is 302 g/mol. The molecule has 4 nitrogen and oxygen atoms in total. The summed E-state index contributed by atoms with van der Waals surface area (Å²) in [4.78, 5) is 11.8. The molecule has 1 saturated carbocycles. The first-order chi connectivity index (χ1) is 9.27. The van der Waals surface area contributed by atoms with Gasteiger partial charge in [0.05, 0.1) is 0 Å². The summed E-state index contributed by atoms with van der Waals surface area (Å²) in [5.41, 5.74) is -0.443. The summed E-state index contributed by atoms with van der Waals surface area (Å²) in [6.45, 7) is 9.49. The zero-order valence-corrected chi connectivity index (χ0v) is 14.4. The summed E-state index contributed by atoms with van der Waals surface area (Å²) >= 11 is 1.87. The van der Waals surface area contributed by atoms with Crippen LogP contribution in [0.25, 0.3) is 0 Å². The minimum absolute atomic E-state index is 0.00465. The SMILES string of the molecule is CSCCCNC(C)(CNC(=O)OC(C)(C)C)C1CC1. The molecular formula is C15H30N2O2S. The molecule has 5 heteroatoms. The average molecular weight is 302 g/mol. The number of carbonyl (C=O) groups is 1. The second-order valence-corrected chi connectivity index (χ2v) is 7.81. The molecule has 0 spiro atoms. The highest BCUT2D eigenvalue weighted by Gasteiger charge is 2.41. The summed E-state index contributed by atoms with van der Waals surface area (Å²) in [6.07, 6.45) is 5.47. The van der Waals surface area contributed by atoms with Crippen molar-refractivity contribution in [3.8, 4) is 0 Å². The first kappa shape index (κ1) is 17.6. The van der Waals surface area contributed by atoms with Crippen molar-refractivity contribution in [2.24, 2.45) is 5.92 Å². The van der Waals surface area contributed by atoms with Crippen LogP contribution in [-0.4, -0.2) is 42.3 Å². The van der Waals surface area contributed by atoms with Gasteiger partial charge in [0.1, 0.15) is 5.60 Å². The number of amides is 1. The molecule has 20 heavy (non-hydrogen) atoms. The minimum atomic E-state index is -0.439. The van der Waals surface area contributed by atoms with Gasteiger partial charge in [-0.25, -0.2) is 4.79 Å². The van der Waals surface area contributed by atoms with E-state index in [0.29, 0.717) is 12.5 Å². The quantitative estimate of drug-likeness (QED) is 0.677. The lowest BCUT2D eigenvalue weighted by atomic mass is 9.95. The molecule has 1 unspecified atom stereocenters. The summed E-state index contributed by atoms with van der Waals surface area (Å²) in [6, 6.07) is 0. The Labute approximate surface area is 127 Å². The Balaban J connectivity index is 2.36. The number of rotatable bonds is 8. The lowest BCUT2D eigenvalue weighted by molar-refractivity contribution is 0.0508. The predicted molar refractivity (Wildman–Crippen MR) is 86.4 cm³/mol. The van der Waals surface area contributed by atoms with Gasteiger partial charge in [-0.2, -0.15) is 11.8 Å². The molecule has 0 heterocycles. The molecule has 0 aromatic carbocycles. The van der Waals surface area contributed by atoms with Gasteiger partial charge >= 0.3 is 6.09 Å². The second-order valence-electron chi connectivity index (χ2n) is 6.82. The molecule has 1 atom stereocenters. The van der Waals surface area contributed by atoms with E-state index in [4.69, 9.17) is 4.74 Å². The van der Waals surface area contributed by atoms with Gasteiger partial charge in [-0.15, -0.1) is 0 Å². The molecule has 0 aromatic rings. The van der Waals surface area contributed by atoms with Crippen LogP contribution in [0, 0.1) is 5.92 Å². The predicted octanol–water partition coefficient (Wildman–Crippen LogP) is 3.02. The maximum Gasteiger partial charge on any atom is 0.407 e. The molecule has 1 aliphatic carbocycles. The van der Waals surface area contributed by atoms with Gasteiger partial charge in [-0.05, 0) is 71.4 Å². The van der Waals surface area contributed by atoms with Crippen LogP contribution in [-0.2, 0) is 4.74 Å². The third-order valence-electron chi connectivity index (χ3n) is 3.53. The normalized spacial score (nSPS) is 18.4. The summed E-state index contributed by atoms with van der Waals surface area (Å²) in [5, 5.41) is 6.54. The standard InChI is InChI=1S/C15H30N2O2S/c1-14(2,3)19-13(18)16-11-15(4,12-7-8-12)17-9-6-10-20-5/h12,17H,6-11H2,1-5H3,(H,16,18). The van der Waals surface area contributed by atoms with Crippen molar-refractivity contribution in [3.63, 3.8) is 0 Å². The van der Waals surface area contributed by atoms with E-state index in [-0.39, 0.29) is 11.6 Å². The van der Waals surface area contributed by atoms with Crippen molar-refractivity contribution in [3.05, 3.63) is 0 Å². The van der Waals surface area contributed by atoms with Gasteiger partial charge < -0.3 is 15.4 Å². The molecule has 1 rings (SSSR count). The van der Waals surface area contributed by atoms with E-state index in [1.807, 2.05) is 32.5 Å². The molecule has 0 aliphatic heterocycles. The van der Waals surface area contributed by atoms with Crippen molar-refractivity contribution in [2.45, 2.75) is 58.1 Å². The largest absolute Gasteiger partial charge is 0.444 e. The fourth-order valence-electron chi connectivity index (χ4n) is 2.23. The van der Waals surface area contributed by atoms with Gasteiger partial charge in [-0.3, -0.25) is 0 Å². The number of hydrogen-bond acceptors (Lipinski definition) is 4. The van der Waals surface area contributed by atoms with Gasteiger partial charge in [0.2, 0.25) is 0 Å². The Morgan fingerprint density at radius 1 is 1.30 bits per heavy atom. The van der Waals surface area contributed by atoms with Crippen LogP contribution >= 0.6 is 11.8 Å². The number of ether oxygens (including phenoxy) is 1. The van der Waals surface area contributed by atoms with Crippen molar-refractivity contribution in [1.82, 2.24) is 10.6 Å². The number of alkyl carbamates (subject to hydrolysis) is 1. The zero-order valence-electron chi connectivity index (χ0n) is 13.5. The Hall–Kier alpha value is -0.420. The molecule has 0 bridgehead atoms. The van der Waals surface area contributed by atoms with E-state index in [2.05, 4.69) is 23.8 Å². The van der Waals surface area contributed by atoms with Crippen LogP contribution < -0.4 is 10.6 Å². The zero-order chi connectivity index (χ0) is 15.2. The maximum absolute atomic E-state index is 11.8. The van der Waals surface area contributed by atoms with E-state index in [1.54, 1.807) is 0 Å². The number of thioether (sulfide) groups is 1. The van der Waals surface area contributed by atoms with Crippen LogP contribution in [0.4, 0.5) is 4.79 Å². The Morgan fingerprint density at radius 2 is 1.95 bits per heavy atom. The van der Waals surface area contributed by atoms with Crippen LogP contribution in [0.1, 0.15) is 47.0 Å². The van der Waals surface area contributed by atoms with Crippen LogP contribution in [0.5, 0.6) is 0 Å². The van der Waals surface area contributed by atoms with Crippen LogP contribution in [0.15, 0.2) is 0 Å². The first-order valence-electron chi connectivity index (χ1n) is 7.48. The van der Waals surface area contributed by atoms with Crippen molar-refractivity contribution in [1.29, 1.82) is 0 Å². The Morgan fingerprint density at radius 3 is 2.45 bits per heavy atom. The van der Waals surface area contributed by atoms with E-state index >= 15 is 0 Å². The number of carbonyl (C=O) groups excluding carboxylic acids is 1. The van der Waals surface area contributed by atoms with Crippen LogP contribution in [0.2, 0.25) is 0 Å². The van der Waals surface area contributed by atoms with Gasteiger partial charge in [-0.1, -0.05) is 0 Å². The molecule has 1 fully saturated rings. The lowest BCUT2D eigenvalue weighted by Gasteiger charge is -2.32. The highest BCUT2D eigenvalue weighted by atomic mass is 32.2. The summed E-state index contributed by atoms with van der Waals surface area (Å²) in [5.74, 6) is 1.85. The second kappa shape index (κ2) is 7.55. The van der Waals surface area contributed by atoms with E-state index in [0.717, 1.165) is 13.0 Å². The van der Waals surface area contributed by atoms with Crippen molar-refractivity contribution >= 4 is 17.9 Å². The van der Waals surface area contributed by atoms with E-state index in [9.17, 15) is 4.79 Å². The fourth-order valence-corrected chi connectivity index (χ4v) is 2.67. The average Bonchev–Trinajstić information content (AvgIpc) is 3.14. The number of hydrogen-bond donors (Lipinski definition) is 2. The lowest BCUT2D eigenvalue weighted by Crippen LogP contribution is -2.53. The Bertz CT molecular complexity index is 313. The van der Waals surface area contributed by atoms with Crippen molar-refractivity contribution in [2.75, 3.05) is 25.1 Å². The summed E-state index contributed by atoms with van der Waals surface area (Å²) < 4.78 is 5.30. The molecule has 0 saturated heterocycles.